The Labute approximate surface area is 277 Å². The van der Waals surface area contributed by atoms with Gasteiger partial charge in [0.1, 0.15) is 0 Å². The van der Waals surface area contributed by atoms with Gasteiger partial charge in [-0.1, -0.05) is 97.1 Å². The average Bonchev–Trinajstić information content (AvgIpc) is 3.09. The summed E-state index contributed by atoms with van der Waals surface area (Å²) in [6.45, 7) is 7.44. The normalized spacial score (nSPS) is 15.3. The van der Waals surface area contributed by atoms with Crippen LogP contribution in [0.4, 0.5) is 5.69 Å². The zero-order valence-electron chi connectivity index (χ0n) is 27.5. The van der Waals surface area contributed by atoms with Crippen LogP contribution in [0.1, 0.15) is 60.2 Å². The van der Waals surface area contributed by atoms with Crippen molar-refractivity contribution in [2.45, 2.75) is 46.2 Å². The number of nitrogens with zero attached hydrogens (tertiary/aromatic N) is 2. The summed E-state index contributed by atoms with van der Waals surface area (Å²) in [5.41, 5.74) is 10.2. The van der Waals surface area contributed by atoms with Crippen LogP contribution in [0, 0.1) is 5.41 Å². The first-order valence-corrected chi connectivity index (χ1v) is 16.4. The average molecular weight is 621 g/mol. The van der Waals surface area contributed by atoms with Gasteiger partial charge in [0, 0.05) is 35.8 Å². The number of methoxy groups -OCH3 is 1. The van der Waals surface area contributed by atoms with Crippen molar-refractivity contribution >= 4 is 17.4 Å². The Bertz CT molecular complexity index is 1900. The maximum atomic E-state index is 13.4. The Morgan fingerprint density at radius 2 is 1.47 bits per heavy atom. The molecule has 236 valence electrons. The van der Waals surface area contributed by atoms with E-state index in [1.165, 1.54) is 16.7 Å². The molecule has 2 aliphatic rings. The second-order valence-corrected chi connectivity index (χ2v) is 13.5. The molecule has 0 fully saturated rings. The van der Waals surface area contributed by atoms with Crippen LogP contribution >= 0.6 is 0 Å². The molecule has 0 unspecified atom stereocenters. The molecule has 5 nitrogen and oxygen atoms in total. The summed E-state index contributed by atoms with van der Waals surface area (Å²) in [5, 5.41) is 0. The fourth-order valence-electron chi connectivity index (χ4n) is 6.81. The molecule has 0 amide bonds. The van der Waals surface area contributed by atoms with E-state index < -0.39 is 5.41 Å². The van der Waals surface area contributed by atoms with Gasteiger partial charge in [-0.05, 0) is 79.6 Å². The second-order valence-electron chi connectivity index (χ2n) is 13.5. The molecule has 0 bridgehead atoms. The molecule has 5 heteroatoms. The molecule has 5 aromatic carbocycles. The van der Waals surface area contributed by atoms with E-state index >= 15 is 0 Å². The topological polar surface area (TPSA) is 51.1 Å². The smallest absolute Gasteiger partial charge is 0.316 e. The molecular formula is C42H40N2O3. The lowest BCUT2D eigenvalue weighted by molar-refractivity contribution is -0.143. The highest BCUT2D eigenvalue weighted by Gasteiger charge is 2.38. The summed E-state index contributed by atoms with van der Waals surface area (Å²) >= 11 is 0. The zero-order valence-corrected chi connectivity index (χ0v) is 27.5. The van der Waals surface area contributed by atoms with E-state index in [1.54, 1.807) is 7.11 Å². The van der Waals surface area contributed by atoms with Crippen molar-refractivity contribution in [2.24, 2.45) is 10.4 Å². The molecule has 0 radical (unpaired) electrons. The molecule has 47 heavy (non-hydrogen) atoms. The van der Waals surface area contributed by atoms with Gasteiger partial charge in [-0.2, -0.15) is 0 Å². The summed E-state index contributed by atoms with van der Waals surface area (Å²) < 4.78 is 12.1. The van der Waals surface area contributed by atoms with E-state index in [9.17, 15) is 4.79 Å². The maximum absolute atomic E-state index is 13.4. The van der Waals surface area contributed by atoms with Crippen molar-refractivity contribution in [3.8, 4) is 22.6 Å². The third-order valence-electron chi connectivity index (χ3n) is 9.17. The fraction of sp³-hybridized carbons (Fsp3) is 0.238. The van der Waals surface area contributed by atoms with E-state index in [0.717, 1.165) is 65.1 Å². The quantitative estimate of drug-likeness (QED) is 0.103. The van der Waals surface area contributed by atoms with Crippen molar-refractivity contribution in [3.05, 3.63) is 149 Å². The van der Waals surface area contributed by atoms with Gasteiger partial charge in [0.2, 0.25) is 0 Å². The predicted octanol–water partition coefficient (Wildman–Crippen LogP) is 9.14. The highest BCUT2D eigenvalue weighted by Crippen LogP contribution is 2.52. The van der Waals surface area contributed by atoms with Gasteiger partial charge < -0.3 is 9.47 Å². The van der Waals surface area contributed by atoms with Gasteiger partial charge in [0.05, 0.1) is 23.9 Å². The summed E-state index contributed by atoms with van der Waals surface area (Å²) in [6.07, 6.45) is 1.71. The predicted molar refractivity (Wildman–Crippen MR) is 189 cm³/mol. The molecule has 5 aromatic rings. The lowest BCUT2D eigenvalue weighted by atomic mass is 9.76. The molecule has 0 saturated heterocycles. The summed E-state index contributed by atoms with van der Waals surface area (Å²) in [7, 11) is 1.63. The van der Waals surface area contributed by atoms with E-state index in [2.05, 4.69) is 102 Å². The van der Waals surface area contributed by atoms with Crippen molar-refractivity contribution in [2.75, 3.05) is 13.7 Å². The molecule has 0 saturated carbocycles. The van der Waals surface area contributed by atoms with Crippen LogP contribution < -0.4 is 9.47 Å². The first-order valence-electron chi connectivity index (χ1n) is 16.4. The highest BCUT2D eigenvalue weighted by atomic mass is 16.6. The first-order chi connectivity index (χ1) is 22.8. The van der Waals surface area contributed by atoms with Crippen molar-refractivity contribution in [1.82, 2.24) is 4.90 Å². The van der Waals surface area contributed by atoms with Crippen molar-refractivity contribution in [1.29, 1.82) is 0 Å². The SMILES string of the molecule is COc1ccc2c(c1OC(=O)C(C)(C)C)-c1cc(N=C(c3ccccc3)c3ccccc3)cc3c1[C@@H](C2)N(Cc1ccccc1)CC3. The van der Waals surface area contributed by atoms with Crippen molar-refractivity contribution < 1.29 is 14.3 Å². The number of ether oxygens (including phenoxy) is 2. The Hall–Kier alpha value is -5.00. The van der Waals surface area contributed by atoms with E-state index in [0.29, 0.717) is 11.5 Å². The summed E-state index contributed by atoms with van der Waals surface area (Å²) in [4.78, 5) is 21.3. The van der Waals surface area contributed by atoms with Gasteiger partial charge in [-0.25, -0.2) is 4.99 Å². The zero-order chi connectivity index (χ0) is 32.5. The van der Waals surface area contributed by atoms with Gasteiger partial charge in [0.15, 0.2) is 11.5 Å². The summed E-state index contributed by atoms with van der Waals surface area (Å²) in [6, 6.07) is 40.1. The molecule has 0 N–H and O–H groups in total. The number of carbonyl (C=O) groups is 1. The molecule has 1 heterocycles. The number of hydrogen-bond acceptors (Lipinski definition) is 5. The Balaban J connectivity index is 1.44. The Morgan fingerprint density at radius 3 is 2.09 bits per heavy atom. The lowest BCUT2D eigenvalue weighted by Gasteiger charge is -2.42. The third-order valence-corrected chi connectivity index (χ3v) is 9.17. The number of rotatable bonds is 7. The van der Waals surface area contributed by atoms with Crippen LogP contribution in [-0.2, 0) is 24.2 Å². The first kappa shape index (κ1) is 30.6. The monoisotopic (exact) mass is 620 g/mol. The largest absolute Gasteiger partial charge is 0.493 e. The van der Waals surface area contributed by atoms with E-state index in [-0.39, 0.29) is 12.0 Å². The van der Waals surface area contributed by atoms with Gasteiger partial charge in [-0.3, -0.25) is 9.69 Å². The van der Waals surface area contributed by atoms with Crippen LogP contribution in [-0.4, -0.2) is 30.2 Å². The van der Waals surface area contributed by atoms with Crippen LogP contribution in [0.5, 0.6) is 11.5 Å². The number of fused-ring (bicyclic) bond motifs is 2. The molecule has 1 atom stereocenters. The van der Waals surface area contributed by atoms with E-state index in [1.807, 2.05) is 39.0 Å². The van der Waals surface area contributed by atoms with Gasteiger partial charge in [-0.15, -0.1) is 0 Å². The minimum Gasteiger partial charge on any atom is -0.493 e. The number of aliphatic imine (C=N–C) groups is 1. The van der Waals surface area contributed by atoms with Crippen molar-refractivity contribution in [3.63, 3.8) is 0 Å². The minimum absolute atomic E-state index is 0.182. The van der Waals surface area contributed by atoms with E-state index in [4.69, 9.17) is 14.5 Å². The highest BCUT2D eigenvalue weighted by molar-refractivity contribution is 6.14. The minimum atomic E-state index is -0.677. The van der Waals surface area contributed by atoms with Crippen LogP contribution in [0.2, 0.25) is 0 Å². The fourth-order valence-corrected chi connectivity index (χ4v) is 6.81. The molecule has 0 spiro atoms. The number of benzene rings is 5. The lowest BCUT2D eigenvalue weighted by Crippen LogP contribution is -2.38. The molecule has 7 rings (SSSR count). The molecule has 1 aliphatic carbocycles. The second kappa shape index (κ2) is 12.7. The van der Waals surface area contributed by atoms with Gasteiger partial charge in [0.25, 0.3) is 0 Å². The standard InChI is InChI=1S/C42H40N2O3/c1-42(2,3)41(45)47-40-36(46-4)21-20-31-25-35-37-32(22-23-44(35)27-28-14-8-5-9-15-28)24-33(26-34(37)38(31)40)43-39(29-16-10-6-11-17-29)30-18-12-7-13-19-30/h5-21,24,26,35H,22-23,25,27H2,1-4H3/t35-/m1/s1. The van der Waals surface area contributed by atoms with Gasteiger partial charge >= 0.3 is 5.97 Å². The molecular weight excluding hydrogens is 580 g/mol. The Morgan fingerprint density at radius 1 is 0.830 bits per heavy atom. The third kappa shape index (κ3) is 6.11. The van der Waals surface area contributed by atoms with Crippen LogP contribution in [0.25, 0.3) is 11.1 Å². The Kier molecular flexibility index (Phi) is 8.25. The number of carbonyl (C=O) groups excluding carboxylic acids is 1. The molecule has 0 aromatic heterocycles. The number of hydrogen-bond donors (Lipinski definition) is 0. The number of esters is 1. The summed E-state index contributed by atoms with van der Waals surface area (Å²) in [5.74, 6) is 0.738. The van der Waals surface area contributed by atoms with Crippen LogP contribution in [0.3, 0.4) is 0 Å². The molecule has 1 aliphatic heterocycles. The maximum Gasteiger partial charge on any atom is 0.316 e. The van der Waals surface area contributed by atoms with Crippen LogP contribution in [0.15, 0.2) is 120 Å².